The molecule has 5 heteroatoms. The number of thiophene rings is 1. The maximum atomic E-state index is 11.7. The second kappa shape index (κ2) is 4.93. The van der Waals surface area contributed by atoms with Crippen LogP contribution in [-0.2, 0) is 4.79 Å². The zero-order valence-electron chi connectivity index (χ0n) is 8.87. The van der Waals surface area contributed by atoms with Gasteiger partial charge in [-0.2, -0.15) is 0 Å². The molecule has 0 aliphatic carbocycles. The van der Waals surface area contributed by atoms with Gasteiger partial charge in [0.2, 0.25) is 0 Å². The monoisotopic (exact) mass is 227 g/mol. The summed E-state index contributed by atoms with van der Waals surface area (Å²) in [6.45, 7) is 3.09. The summed E-state index contributed by atoms with van der Waals surface area (Å²) in [5, 5.41) is 4.37. The lowest BCUT2D eigenvalue weighted by molar-refractivity contribution is -0.118. The number of carbonyl (C=O) groups excluding carboxylic acids is 2. The van der Waals surface area contributed by atoms with Crippen molar-refractivity contribution in [1.29, 1.82) is 0 Å². The van der Waals surface area contributed by atoms with Gasteiger partial charge in [-0.05, 0) is 25.3 Å². The molecule has 1 aromatic rings. The quantitative estimate of drug-likeness (QED) is 0.847. The van der Waals surface area contributed by atoms with Crippen LogP contribution in [0.5, 0.6) is 5.75 Å². The van der Waals surface area contributed by atoms with Crippen LogP contribution < -0.4 is 10.1 Å². The lowest BCUT2D eigenvalue weighted by Gasteiger charge is -2.09. The van der Waals surface area contributed by atoms with E-state index in [1.165, 1.54) is 25.4 Å². The van der Waals surface area contributed by atoms with Gasteiger partial charge in [0.1, 0.15) is 10.6 Å². The lowest BCUT2D eigenvalue weighted by atomic mass is 10.2. The van der Waals surface area contributed by atoms with Gasteiger partial charge in [-0.25, -0.2) is 0 Å². The molecule has 0 fully saturated rings. The van der Waals surface area contributed by atoms with Gasteiger partial charge in [-0.3, -0.25) is 9.59 Å². The van der Waals surface area contributed by atoms with Crippen LogP contribution in [0.15, 0.2) is 11.4 Å². The van der Waals surface area contributed by atoms with E-state index >= 15 is 0 Å². The third-order valence-electron chi connectivity index (χ3n) is 2.01. The number of ether oxygens (including phenoxy) is 1. The van der Waals surface area contributed by atoms with E-state index in [9.17, 15) is 9.59 Å². The van der Waals surface area contributed by atoms with Crippen molar-refractivity contribution < 1.29 is 14.3 Å². The molecule has 1 unspecified atom stereocenters. The molecule has 1 amide bonds. The normalized spacial score (nSPS) is 11.9. The molecular formula is C10H13NO3S. The highest BCUT2D eigenvalue weighted by molar-refractivity contribution is 7.12. The summed E-state index contributed by atoms with van der Waals surface area (Å²) in [7, 11) is 1.51. The fourth-order valence-electron chi connectivity index (χ4n) is 0.988. The van der Waals surface area contributed by atoms with Crippen LogP contribution in [0, 0.1) is 0 Å². The van der Waals surface area contributed by atoms with Crippen molar-refractivity contribution in [2.45, 2.75) is 19.9 Å². The Morgan fingerprint density at radius 3 is 2.73 bits per heavy atom. The molecule has 1 atom stereocenters. The van der Waals surface area contributed by atoms with E-state index in [0.717, 1.165) is 0 Å². The number of hydrogen-bond donors (Lipinski definition) is 1. The summed E-state index contributed by atoms with van der Waals surface area (Å²) in [6, 6.07) is 1.25. The Morgan fingerprint density at radius 1 is 1.53 bits per heavy atom. The van der Waals surface area contributed by atoms with E-state index < -0.39 is 6.04 Å². The first kappa shape index (κ1) is 11.7. The average Bonchev–Trinajstić information content (AvgIpc) is 2.64. The molecule has 15 heavy (non-hydrogen) atoms. The molecule has 0 aliphatic heterocycles. The Hall–Kier alpha value is -1.36. The minimum Gasteiger partial charge on any atom is -0.495 e. The summed E-state index contributed by atoms with van der Waals surface area (Å²) in [6.07, 6.45) is 0. The van der Waals surface area contributed by atoms with Crippen molar-refractivity contribution in [3.8, 4) is 5.75 Å². The van der Waals surface area contributed by atoms with Gasteiger partial charge in [0.05, 0.1) is 13.2 Å². The Balaban J connectivity index is 2.73. The molecule has 1 aromatic heterocycles. The molecule has 0 bridgehead atoms. The average molecular weight is 227 g/mol. The maximum absolute atomic E-state index is 11.7. The van der Waals surface area contributed by atoms with Crippen LogP contribution in [0.1, 0.15) is 23.5 Å². The fourth-order valence-corrected chi connectivity index (χ4v) is 1.75. The van der Waals surface area contributed by atoms with E-state index in [1.54, 1.807) is 18.4 Å². The molecular weight excluding hydrogens is 214 g/mol. The van der Waals surface area contributed by atoms with Crippen molar-refractivity contribution in [3.05, 3.63) is 16.3 Å². The van der Waals surface area contributed by atoms with E-state index in [4.69, 9.17) is 4.74 Å². The molecule has 82 valence electrons. The summed E-state index contributed by atoms with van der Waals surface area (Å²) in [4.78, 5) is 23.1. The molecule has 0 aromatic carbocycles. The van der Waals surface area contributed by atoms with Gasteiger partial charge in [-0.15, -0.1) is 11.3 Å². The first-order chi connectivity index (χ1) is 7.06. The number of methoxy groups -OCH3 is 1. The molecule has 0 spiro atoms. The van der Waals surface area contributed by atoms with E-state index in [-0.39, 0.29) is 11.7 Å². The van der Waals surface area contributed by atoms with Gasteiger partial charge < -0.3 is 10.1 Å². The fraction of sp³-hybridized carbons (Fsp3) is 0.400. The molecule has 1 rings (SSSR count). The van der Waals surface area contributed by atoms with Crippen molar-refractivity contribution in [2.24, 2.45) is 0 Å². The molecule has 1 heterocycles. The highest BCUT2D eigenvalue weighted by Crippen LogP contribution is 2.24. The van der Waals surface area contributed by atoms with E-state index in [2.05, 4.69) is 5.32 Å². The SMILES string of the molecule is COc1ccsc1C(=O)NC(C)C(C)=O. The minimum absolute atomic E-state index is 0.0705. The zero-order chi connectivity index (χ0) is 11.4. The smallest absolute Gasteiger partial charge is 0.265 e. The second-order valence-electron chi connectivity index (χ2n) is 3.12. The highest BCUT2D eigenvalue weighted by atomic mass is 32.1. The number of hydrogen-bond acceptors (Lipinski definition) is 4. The van der Waals surface area contributed by atoms with Gasteiger partial charge in [-0.1, -0.05) is 0 Å². The van der Waals surface area contributed by atoms with Gasteiger partial charge in [0.25, 0.3) is 5.91 Å². The van der Waals surface area contributed by atoms with Gasteiger partial charge >= 0.3 is 0 Å². The number of nitrogens with one attached hydrogen (secondary N) is 1. The second-order valence-corrected chi connectivity index (χ2v) is 4.04. The number of carbonyl (C=O) groups is 2. The van der Waals surface area contributed by atoms with Gasteiger partial charge in [0.15, 0.2) is 5.78 Å². The van der Waals surface area contributed by atoms with Crippen molar-refractivity contribution >= 4 is 23.0 Å². The first-order valence-electron chi connectivity index (χ1n) is 4.49. The molecule has 1 N–H and O–H groups in total. The lowest BCUT2D eigenvalue weighted by Crippen LogP contribution is -2.37. The van der Waals surface area contributed by atoms with Crippen molar-refractivity contribution in [3.63, 3.8) is 0 Å². The topological polar surface area (TPSA) is 55.4 Å². The zero-order valence-corrected chi connectivity index (χ0v) is 9.68. The predicted molar refractivity (Wildman–Crippen MR) is 58.5 cm³/mol. The van der Waals surface area contributed by atoms with Crippen LogP contribution in [0.25, 0.3) is 0 Å². The Labute approximate surface area is 92.2 Å². The van der Waals surface area contributed by atoms with Crippen LogP contribution >= 0.6 is 11.3 Å². The van der Waals surface area contributed by atoms with E-state index in [1.807, 2.05) is 0 Å². The summed E-state index contributed by atoms with van der Waals surface area (Å²) in [5.41, 5.74) is 0. The highest BCUT2D eigenvalue weighted by Gasteiger charge is 2.17. The Kier molecular flexibility index (Phi) is 3.85. The maximum Gasteiger partial charge on any atom is 0.265 e. The molecule has 0 aliphatic rings. The Morgan fingerprint density at radius 2 is 2.20 bits per heavy atom. The molecule has 0 saturated heterocycles. The summed E-state index contributed by atoms with van der Waals surface area (Å²) < 4.78 is 5.01. The number of ketones is 1. The number of rotatable bonds is 4. The third kappa shape index (κ3) is 2.79. The summed E-state index contributed by atoms with van der Waals surface area (Å²) in [5.74, 6) is 0.191. The molecule has 0 saturated carbocycles. The van der Waals surface area contributed by atoms with Crippen molar-refractivity contribution in [2.75, 3.05) is 7.11 Å². The third-order valence-corrected chi connectivity index (χ3v) is 2.91. The van der Waals surface area contributed by atoms with Crippen LogP contribution in [-0.4, -0.2) is 24.8 Å². The minimum atomic E-state index is -0.468. The standard InChI is InChI=1S/C10H13NO3S/c1-6(7(2)12)11-10(13)9-8(14-3)4-5-15-9/h4-6H,1-3H3,(H,11,13). The largest absolute Gasteiger partial charge is 0.495 e. The number of amides is 1. The number of Topliss-reactive ketones (excluding diaryl/α,β-unsaturated/α-hetero) is 1. The van der Waals surface area contributed by atoms with Crippen LogP contribution in [0.4, 0.5) is 0 Å². The van der Waals surface area contributed by atoms with Crippen molar-refractivity contribution in [1.82, 2.24) is 5.32 Å². The van der Waals surface area contributed by atoms with E-state index in [0.29, 0.717) is 10.6 Å². The molecule has 4 nitrogen and oxygen atoms in total. The Bertz CT molecular complexity index is 372. The van der Waals surface area contributed by atoms with Crippen LogP contribution in [0.3, 0.4) is 0 Å². The molecule has 0 radical (unpaired) electrons. The summed E-state index contributed by atoms with van der Waals surface area (Å²) >= 11 is 1.29. The van der Waals surface area contributed by atoms with Gasteiger partial charge in [0, 0.05) is 0 Å². The predicted octanol–water partition coefficient (Wildman–Crippen LogP) is 1.46. The van der Waals surface area contributed by atoms with Crippen LogP contribution in [0.2, 0.25) is 0 Å². The first-order valence-corrected chi connectivity index (χ1v) is 5.37.